The van der Waals surface area contributed by atoms with Gasteiger partial charge < -0.3 is 11.1 Å². The lowest BCUT2D eigenvalue weighted by Gasteiger charge is -2.15. The Bertz CT molecular complexity index is 115. The molecule has 0 heterocycles. The monoisotopic (exact) mass is 172 g/mol. The van der Waals surface area contributed by atoms with Crippen molar-refractivity contribution in [2.75, 3.05) is 6.54 Å². The summed E-state index contributed by atoms with van der Waals surface area (Å²) in [6.45, 7) is 7.25. The maximum Gasteiger partial charge on any atom is 0.0420 e. The molecular weight excluding hydrogens is 152 g/mol. The van der Waals surface area contributed by atoms with Crippen molar-refractivity contribution >= 4 is 9.52 Å². The first-order chi connectivity index (χ1) is 5.20. The van der Waals surface area contributed by atoms with Gasteiger partial charge in [-0.15, -0.1) is 5.70 Å². The molecule has 2 unspecified atom stereocenters. The minimum atomic E-state index is 0.0792. The molecule has 0 aliphatic heterocycles. The average molecular weight is 172 g/mol. The lowest BCUT2D eigenvalue weighted by Crippen LogP contribution is -2.38. The van der Waals surface area contributed by atoms with E-state index < -0.39 is 0 Å². The molecule has 3 N–H and O–H groups in total. The van der Waals surface area contributed by atoms with Crippen molar-refractivity contribution in [2.45, 2.75) is 32.5 Å². The van der Waals surface area contributed by atoms with Crippen LogP contribution in [0.15, 0.2) is 11.8 Å². The number of nitrogens with two attached hydrogens (primary N) is 1. The lowest BCUT2D eigenvalue weighted by atomic mass is 10.2. The normalized spacial score (nSPS) is 18.2. The molecule has 0 aliphatic carbocycles. The fraction of sp³-hybridized carbons (Fsp3) is 0.750. The first kappa shape index (κ1) is 10.9. The van der Waals surface area contributed by atoms with Crippen LogP contribution in [0.2, 0.25) is 6.55 Å². The third-order valence-electron chi connectivity index (χ3n) is 1.56. The van der Waals surface area contributed by atoms with Gasteiger partial charge in [-0.2, -0.15) is 0 Å². The minimum absolute atomic E-state index is 0.0792. The second-order valence-corrected chi connectivity index (χ2v) is 4.22. The molecule has 0 saturated heterocycles. The Morgan fingerprint density at radius 1 is 1.55 bits per heavy atom. The standard InChI is InChI=1S/C8H20N2Si/c1-7(4-5-11-3)10-8(2)6-9/h4-5,7-8,10H,6,9,11H2,1-3H3. The Labute approximate surface area is 72.1 Å². The van der Waals surface area contributed by atoms with Crippen LogP contribution in [-0.4, -0.2) is 28.1 Å². The first-order valence-electron chi connectivity index (χ1n) is 4.33. The van der Waals surface area contributed by atoms with Gasteiger partial charge in [0.05, 0.1) is 0 Å². The number of hydrogen-bond acceptors (Lipinski definition) is 2. The summed E-state index contributed by atoms with van der Waals surface area (Å²) in [6, 6.07) is 0.897. The van der Waals surface area contributed by atoms with E-state index in [1.807, 2.05) is 0 Å². The van der Waals surface area contributed by atoms with Gasteiger partial charge in [0.25, 0.3) is 0 Å². The molecular formula is C8H20N2Si. The van der Waals surface area contributed by atoms with Crippen LogP contribution in [0.1, 0.15) is 13.8 Å². The van der Waals surface area contributed by atoms with Gasteiger partial charge >= 0.3 is 0 Å². The van der Waals surface area contributed by atoms with Crippen LogP contribution in [0.25, 0.3) is 0 Å². The summed E-state index contributed by atoms with van der Waals surface area (Å²) in [4.78, 5) is 0. The molecule has 2 atom stereocenters. The zero-order valence-electron chi connectivity index (χ0n) is 7.80. The molecule has 0 rings (SSSR count). The van der Waals surface area contributed by atoms with Gasteiger partial charge in [0.15, 0.2) is 0 Å². The molecule has 11 heavy (non-hydrogen) atoms. The fourth-order valence-corrected chi connectivity index (χ4v) is 1.59. The molecule has 0 radical (unpaired) electrons. The van der Waals surface area contributed by atoms with E-state index in [0.717, 1.165) is 0 Å². The van der Waals surface area contributed by atoms with Crippen LogP contribution in [-0.2, 0) is 0 Å². The smallest absolute Gasteiger partial charge is 0.0420 e. The average Bonchev–Trinajstić information content (AvgIpc) is 2.00. The minimum Gasteiger partial charge on any atom is -0.329 e. The molecule has 0 aromatic heterocycles. The zero-order valence-corrected chi connectivity index (χ0v) is 9.22. The summed E-state index contributed by atoms with van der Waals surface area (Å²) >= 11 is 0. The van der Waals surface area contributed by atoms with E-state index in [1.165, 1.54) is 0 Å². The summed E-state index contributed by atoms with van der Waals surface area (Å²) in [7, 11) is 0.0792. The Balaban J connectivity index is 3.50. The van der Waals surface area contributed by atoms with Gasteiger partial charge in [0, 0.05) is 28.1 Å². The zero-order chi connectivity index (χ0) is 8.69. The fourth-order valence-electron chi connectivity index (χ4n) is 0.913. The van der Waals surface area contributed by atoms with E-state index in [1.54, 1.807) is 0 Å². The van der Waals surface area contributed by atoms with Crippen molar-refractivity contribution < 1.29 is 0 Å². The highest BCUT2D eigenvalue weighted by atomic mass is 28.2. The van der Waals surface area contributed by atoms with Gasteiger partial charge in [-0.3, -0.25) is 0 Å². The highest BCUT2D eigenvalue weighted by molar-refractivity contribution is 6.40. The van der Waals surface area contributed by atoms with Gasteiger partial charge in [0.2, 0.25) is 0 Å². The van der Waals surface area contributed by atoms with Gasteiger partial charge in [-0.05, 0) is 13.8 Å². The highest BCUT2D eigenvalue weighted by Gasteiger charge is 2.00. The number of rotatable bonds is 5. The lowest BCUT2D eigenvalue weighted by molar-refractivity contribution is 0.523. The van der Waals surface area contributed by atoms with Gasteiger partial charge in [-0.1, -0.05) is 12.6 Å². The van der Waals surface area contributed by atoms with E-state index >= 15 is 0 Å². The van der Waals surface area contributed by atoms with Crippen molar-refractivity contribution in [1.82, 2.24) is 5.32 Å². The summed E-state index contributed by atoms with van der Waals surface area (Å²) in [5, 5.41) is 3.37. The first-order valence-corrected chi connectivity index (χ1v) is 6.56. The van der Waals surface area contributed by atoms with Crippen LogP contribution in [0.3, 0.4) is 0 Å². The van der Waals surface area contributed by atoms with Crippen LogP contribution < -0.4 is 11.1 Å². The summed E-state index contributed by atoms with van der Waals surface area (Å²) in [6.07, 6.45) is 2.23. The predicted molar refractivity (Wildman–Crippen MR) is 54.7 cm³/mol. The Morgan fingerprint density at radius 3 is 2.64 bits per heavy atom. The molecule has 0 aromatic carbocycles. The molecule has 2 nitrogen and oxygen atoms in total. The SMILES string of the molecule is C[SiH2]C=CC(C)NC(C)CN. The summed E-state index contributed by atoms with van der Waals surface area (Å²) in [5.74, 6) is 0. The van der Waals surface area contributed by atoms with Crippen LogP contribution in [0, 0.1) is 0 Å². The Hall–Kier alpha value is -0.123. The van der Waals surface area contributed by atoms with Crippen LogP contribution in [0.4, 0.5) is 0 Å². The molecule has 0 aromatic rings. The summed E-state index contributed by atoms with van der Waals surface area (Å²) in [5.41, 5.74) is 7.78. The van der Waals surface area contributed by atoms with Gasteiger partial charge in [0.1, 0.15) is 0 Å². The van der Waals surface area contributed by atoms with Crippen molar-refractivity contribution in [3.63, 3.8) is 0 Å². The van der Waals surface area contributed by atoms with Crippen molar-refractivity contribution in [1.29, 1.82) is 0 Å². The largest absolute Gasteiger partial charge is 0.329 e. The molecule has 0 fully saturated rings. The van der Waals surface area contributed by atoms with Crippen molar-refractivity contribution in [3.05, 3.63) is 11.8 Å². The second-order valence-electron chi connectivity index (χ2n) is 2.93. The molecule has 0 bridgehead atoms. The molecule has 66 valence electrons. The second kappa shape index (κ2) is 6.58. The maximum absolute atomic E-state index is 5.47. The Morgan fingerprint density at radius 2 is 2.18 bits per heavy atom. The van der Waals surface area contributed by atoms with Crippen molar-refractivity contribution in [3.8, 4) is 0 Å². The number of hydrogen-bond donors (Lipinski definition) is 2. The number of nitrogens with one attached hydrogen (secondary N) is 1. The van der Waals surface area contributed by atoms with E-state index in [2.05, 4.69) is 37.5 Å². The van der Waals surface area contributed by atoms with Crippen LogP contribution in [0.5, 0.6) is 0 Å². The van der Waals surface area contributed by atoms with E-state index in [4.69, 9.17) is 5.73 Å². The predicted octanol–water partition coefficient (Wildman–Crippen LogP) is 0.0423. The van der Waals surface area contributed by atoms with E-state index in [-0.39, 0.29) is 9.52 Å². The van der Waals surface area contributed by atoms with Crippen molar-refractivity contribution in [2.24, 2.45) is 5.73 Å². The molecule has 3 heteroatoms. The van der Waals surface area contributed by atoms with Crippen LogP contribution >= 0.6 is 0 Å². The third-order valence-corrected chi connectivity index (χ3v) is 2.30. The van der Waals surface area contributed by atoms with E-state index in [0.29, 0.717) is 18.6 Å². The van der Waals surface area contributed by atoms with E-state index in [9.17, 15) is 0 Å². The summed E-state index contributed by atoms with van der Waals surface area (Å²) < 4.78 is 0. The van der Waals surface area contributed by atoms with Gasteiger partial charge in [-0.25, -0.2) is 0 Å². The third kappa shape index (κ3) is 6.28. The molecule has 0 saturated carbocycles. The quantitative estimate of drug-likeness (QED) is 0.575. The highest BCUT2D eigenvalue weighted by Crippen LogP contribution is 1.87. The topological polar surface area (TPSA) is 38.0 Å². The Kier molecular flexibility index (Phi) is 6.50. The maximum atomic E-state index is 5.47. The molecule has 0 aliphatic rings. The molecule has 0 amide bonds. The molecule has 0 spiro atoms.